The molecule has 0 amide bonds. The second-order valence-electron chi connectivity index (χ2n) is 4.94. The molecule has 0 unspecified atom stereocenters. The van der Waals surface area contributed by atoms with E-state index in [2.05, 4.69) is 42.5 Å². The summed E-state index contributed by atoms with van der Waals surface area (Å²) in [6.07, 6.45) is 4.88. The Hall–Kier alpha value is -1.27. The van der Waals surface area contributed by atoms with E-state index in [9.17, 15) is 0 Å². The van der Waals surface area contributed by atoms with Crippen LogP contribution < -0.4 is 0 Å². The second-order valence-corrected chi connectivity index (χ2v) is 5.21. The summed E-state index contributed by atoms with van der Waals surface area (Å²) in [5.41, 5.74) is 7.03. The van der Waals surface area contributed by atoms with Gasteiger partial charge in [0.2, 0.25) is 0 Å². The molecule has 1 aliphatic carbocycles. The molecule has 0 heterocycles. The maximum atomic E-state index is 6.09. The van der Waals surface area contributed by atoms with Crippen LogP contribution in [0.1, 0.15) is 29.5 Å². The van der Waals surface area contributed by atoms with E-state index in [1.54, 1.807) is 0 Å². The van der Waals surface area contributed by atoms with Gasteiger partial charge < -0.3 is 0 Å². The Labute approximate surface area is 114 Å². The Morgan fingerprint density at radius 1 is 0.833 bits per heavy atom. The summed E-state index contributed by atoms with van der Waals surface area (Å²) in [6.45, 7) is 0. The number of fused-ring (bicyclic) bond motifs is 3. The summed E-state index contributed by atoms with van der Waals surface area (Å²) in [7, 11) is 0. The average molecular weight is 257 g/mol. The standard InChI is InChI=1S/C17H17Cl/c18-12-14-8-5-11-17-15-9-3-1-6-13(15)7-2-4-10-16(14)17/h1,3,5-6,8-9,11H,2,4,7,10,12H2. The number of rotatable bonds is 1. The van der Waals surface area contributed by atoms with E-state index in [0.29, 0.717) is 5.88 Å². The van der Waals surface area contributed by atoms with Gasteiger partial charge in [-0.1, -0.05) is 42.5 Å². The highest BCUT2D eigenvalue weighted by atomic mass is 35.5. The van der Waals surface area contributed by atoms with Crippen LogP contribution in [0.25, 0.3) is 11.1 Å². The number of hydrogen-bond donors (Lipinski definition) is 0. The minimum absolute atomic E-state index is 0.616. The highest BCUT2D eigenvalue weighted by Crippen LogP contribution is 2.33. The first-order valence-corrected chi connectivity index (χ1v) is 7.18. The van der Waals surface area contributed by atoms with Crippen LogP contribution in [0.15, 0.2) is 42.5 Å². The number of benzene rings is 2. The molecule has 0 aliphatic heterocycles. The first-order valence-electron chi connectivity index (χ1n) is 6.65. The van der Waals surface area contributed by atoms with Crippen LogP contribution in [-0.4, -0.2) is 0 Å². The van der Waals surface area contributed by atoms with Crippen molar-refractivity contribution in [2.24, 2.45) is 0 Å². The molecule has 0 N–H and O–H groups in total. The summed E-state index contributed by atoms with van der Waals surface area (Å²) in [5, 5.41) is 0. The molecule has 0 spiro atoms. The van der Waals surface area contributed by atoms with Gasteiger partial charge >= 0.3 is 0 Å². The Morgan fingerprint density at radius 3 is 2.50 bits per heavy atom. The van der Waals surface area contributed by atoms with Crippen molar-refractivity contribution >= 4 is 11.6 Å². The molecule has 0 atom stereocenters. The van der Waals surface area contributed by atoms with Gasteiger partial charge in [0.1, 0.15) is 0 Å². The minimum atomic E-state index is 0.616. The van der Waals surface area contributed by atoms with Crippen LogP contribution in [0.4, 0.5) is 0 Å². The zero-order chi connectivity index (χ0) is 12.4. The van der Waals surface area contributed by atoms with Gasteiger partial charge in [-0.05, 0) is 53.5 Å². The molecule has 92 valence electrons. The Balaban J connectivity index is 2.23. The third kappa shape index (κ3) is 2.06. The lowest BCUT2D eigenvalue weighted by atomic mass is 9.86. The summed E-state index contributed by atoms with van der Waals surface area (Å²) < 4.78 is 0. The zero-order valence-corrected chi connectivity index (χ0v) is 11.2. The molecule has 3 rings (SSSR count). The molecule has 0 bridgehead atoms. The van der Waals surface area contributed by atoms with E-state index in [-0.39, 0.29) is 0 Å². The monoisotopic (exact) mass is 256 g/mol. The molecule has 0 aromatic heterocycles. The van der Waals surface area contributed by atoms with Gasteiger partial charge in [-0.25, -0.2) is 0 Å². The molecule has 0 radical (unpaired) electrons. The third-order valence-electron chi connectivity index (χ3n) is 3.85. The molecule has 0 saturated heterocycles. The smallest absolute Gasteiger partial charge is 0.0477 e. The van der Waals surface area contributed by atoms with Crippen molar-refractivity contribution in [3.05, 3.63) is 59.2 Å². The van der Waals surface area contributed by atoms with Crippen molar-refractivity contribution in [1.29, 1.82) is 0 Å². The van der Waals surface area contributed by atoms with E-state index in [1.165, 1.54) is 47.1 Å². The van der Waals surface area contributed by atoms with Gasteiger partial charge in [0.05, 0.1) is 0 Å². The summed E-state index contributed by atoms with van der Waals surface area (Å²) in [6, 6.07) is 15.3. The fourth-order valence-electron chi connectivity index (χ4n) is 2.93. The predicted molar refractivity (Wildman–Crippen MR) is 78.1 cm³/mol. The van der Waals surface area contributed by atoms with E-state index < -0.39 is 0 Å². The molecule has 18 heavy (non-hydrogen) atoms. The van der Waals surface area contributed by atoms with Crippen LogP contribution in [-0.2, 0) is 18.7 Å². The maximum Gasteiger partial charge on any atom is 0.0477 e. The van der Waals surface area contributed by atoms with Crippen molar-refractivity contribution in [3.8, 4) is 11.1 Å². The molecule has 0 fully saturated rings. The fraction of sp³-hybridized carbons (Fsp3) is 0.294. The lowest BCUT2D eigenvalue weighted by molar-refractivity contribution is 0.726. The molecule has 1 heteroatoms. The van der Waals surface area contributed by atoms with Crippen LogP contribution in [0, 0.1) is 0 Å². The number of alkyl halides is 1. The Morgan fingerprint density at radius 2 is 1.61 bits per heavy atom. The van der Waals surface area contributed by atoms with E-state index in [0.717, 1.165) is 6.42 Å². The van der Waals surface area contributed by atoms with Crippen LogP contribution in [0.5, 0.6) is 0 Å². The van der Waals surface area contributed by atoms with Gasteiger partial charge in [-0.15, -0.1) is 11.6 Å². The van der Waals surface area contributed by atoms with Crippen molar-refractivity contribution in [2.75, 3.05) is 0 Å². The van der Waals surface area contributed by atoms with Gasteiger partial charge in [0.15, 0.2) is 0 Å². The maximum absolute atomic E-state index is 6.09. The van der Waals surface area contributed by atoms with E-state index in [4.69, 9.17) is 11.6 Å². The first-order chi connectivity index (χ1) is 8.90. The third-order valence-corrected chi connectivity index (χ3v) is 4.14. The number of hydrogen-bond acceptors (Lipinski definition) is 0. The lowest BCUT2D eigenvalue weighted by Gasteiger charge is -2.19. The SMILES string of the molecule is ClCc1cccc2c1CCCCc1ccccc1-2. The van der Waals surface area contributed by atoms with Crippen LogP contribution in [0.3, 0.4) is 0 Å². The summed E-state index contributed by atoms with van der Waals surface area (Å²) in [4.78, 5) is 0. The molecule has 0 saturated carbocycles. The highest BCUT2D eigenvalue weighted by molar-refractivity contribution is 6.17. The number of aryl methyl sites for hydroxylation is 1. The topological polar surface area (TPSA) is 0 Å². The molecule has 2 aromatic carbocycles. The fourth-order valence-corrected chi connectivity index (χ4v) is 3.18. The van der Waals surface area contributed by atoms with Crippen LogP contribution >= 0.6 is 11.6 Å². The van der Waals surface area contributed by atoms with E-state index >= 15 is 0 Å². The van der Waals surface area contributed by atoms with Gasteiger partial charge in [0, 0.05) is 5.88 Å². The molecule has 1 aliphatic rings. The van der Waals surface area contributed by atoms with Gasteiger partial charge in [-0.2, -0.15) is 0 Å². The van der Waals surface area contributed by atoms with Crippen molar-refractivity contribution < 1.29 is 0 Å². The van der Waals surface area contributed by atoms with E-state index in [1.807, 2.05) is 0 Å². The molecular formula is C17H17Cl. The molecule has 0 nitrogen and oxygen atoms in total. The molecule has 2 aromatic rings. The summed E-state index contributed by atoms with van der Waals surface area (Å²) in [5.74, 6) is 0.616. The van der Waals surface area contributed by atoms with Crippen molar-refractivity contribution in [2.45, 2.75) is 31.6 Å². The first kappa shape index (κ1) is 11.8. The second kappa shape index (κ2) is 5.16. The van der Waals surface area contributed by atoms with Gasteiger partial charge in [-0.3, -0.25) is 0 Å². The Bertz CT molecular complexity index is 557. The average Bonchev–Trinajstić information content (AvgIpc) is 2.41. The highest BCUT2D eigenvalue weighted by Gasteiger charge is 2.14. The normalized spacial score (nSPS) is 14.3. The quantitative estimate of drug-likeness (QED) is 0.632. The Kier molecular flexibility index (Phi) is 3.38. The van der Waals surface area contributed by atoms with Crippen LogP contribution in [0.2, 0.25) is 0 Å². The number of halogens is 1. The lowest BCUT2D eigenvalue weighted by Crippen LogP contribution is -2.02. The summed E-state index contributed by atoms with van der Waals surface area (Å²) >= 11 is 6.09. The minimum Gasteiger partial charge on any atom is -0.122 e. The predicted octanol–water partition coefficient (Wildman–Crippen LogP) is 4.97. The molecular weight excluding hydrogens is 240 g/mol. The van der Waals surface area contributed by atoms with Crippen molar-refractivity contribution in [1.82, 2.24) is 0 Å². The largest absolute Gasteiger partial charge is 0.122 e. The van der Waals surface area contributed by atoms with Crippen molar-refractivity contribution in [3.63, 3.8) is 0 Å². The zero-order valence-electron chi connectivity index (χ0n) is 10.5. The van der Waals surface area contributed by atoms with Gasteiger partial charge in [0.25, 0.3) is 0 Å².